The molecule has 11 heavy (non-hydrogen) atoms. The highest BCUT2D eigenvalue weighted by molar-refractivity contribution is 7.98. The van der Waals surface area contributed by atoms with Gasteiger partial charge in [0.1, 0.15) is 0 Å². The zero-order chi connectivity index (χ0) is 8.69. The van der Waals surface area contributed by atoms with Crippen molar-refractivity contribution in [2.24, 2.45) is 0 Å². The molecule has 0 fully saturated rings. The van der Waals surface area contributed by atoms with Gasteiger partial charge in [0.2, 0.25) is 0 Å². The molecule has 0 aliphatic heterocycles. The van der Waals surface area contributed by atoms with Crippen LogP contribution in [0.5, 0.6) is 0 Å². The van der Waals surface area contributed by atoms with Crippen molar-refractivity contribution in [3.8, 4) is 0 Å². The van der Waals surface area contributed by atoms with E-state index in [9.17, 15) is 0 Å². The minimum Gasteiger partial charge on any atom is -0.318 e. The van der Waals surface area contributed by atoms with Crippen molar-refractivity contribution >= 4 is 11.8 Å². The maximum atomic E-state index is 3.15. The van der Waals surface area contributed by atoms with E-state index in [1.165, 1.54) is 5.75 Å². The Morgan fingerprint density at radius 3 is 2.64 bits per heavy atom. The fourth-order valence-electron chi connectivity index (χ4n) is 0.877. The van der Waals surface area contributed by atoms with Gasteiger partial charge in [-0.05, 0) is 27.3 Å². The quantitative estimate of drug-likeness (QED) is 0.647. The predicted molar refractivity (Wildman–Crippen MR) is 54.4 cm³/mol. The Hall–Kier alpha value is 0.270. The number of likely N-dealkylation sites (N-methyl/N-ethyl adjacent to an activating group) is 2. The molecule has 0 bridgehead atoms. The summed E-state index contributed by atoms with van der Waals surface area (Å²) in [6.45, 7) is 4.49. The summed E-state index contributed by atoms with van der Waals surface area (Å²) in [4.78, 5) is 2.38. The van der Waals surface area contributed by atoms with Gasteiger partial charge in [0.05, 0.1) is 0 Å². The van der Waals surface area contributed by atoms with E-state index in [-0.39, 0.29) is 0 Å². The van der Waals surface area contributed by atoms with Gasteiger partial charge in [-0.15, -0.1) is 0 Å². The van der Waals surface area contributed by atoms with Gasteiger partial charge in [-0.3, -0.25) is 0 Å². The summed E-state index contributed by atoms with van der Waals surface area (Å²) in [5.41, 5.74) is 0. The van der Waals surface area contributed by atoms with Crippen molar-refractivity contribution in [1.82, 2.24) is 10.2 Å². The summed E-state index contributed by atoms with van der Waals surface area (Å²) in [6.07, 6.45) is 2.16. The second kappa shape index (κ2) is 6.95. The molecule has 0 amide bonds. The van der Waals surface area contributed by atoms with Crippen LogP contribution in [0.3, 0.4) is 0 Å². The summed E-state index contributed by atoms with van der Waals surface area (Å²) in [7, 11) is 4.17. The Morgan fingerprint density at radius 2 is 2.18 bits per heavy atom. The van der Waals surface area contributed by atoms with Gasteiger partial charge in [0, 0.05) is 24.9 Å². The molecule has 68 valence electrons. The molecule has 0 rings (SSSR count). The molecule has 1 N–H and O–H groups in total. The number of rotatable bonds is 6. The molecule has 0 aromatic rings. The molecule has 2 nitrogen and oxygen atoms in total. The smallest absolute Gasteiger partial charge is 0.0155 e. The lowest BCUT2D eigenvalue weighted by molar-refractivity contribution is 0.280. The molecule has 0 saturated carbocycles. The molecule has 0 spiro atoms. The molecule has 0 aliphatic carbocycles. The molecule has 0 saturated heterocycles. The van der Waals surface area contributed by atoms with Crippen LogP contribution >= 0.6 is 11.8 Å². The first-order chi connectivity index (χ1) is 5.22. The third-order valence-corrected chi connectivity index (χ3v) is 2.69. The van der Waals surface area contributed by atoms with E-state index < -0.39 is 0 Å². The fraction of sp³-hybridized carbons (Fsp3) is 1.00. The van der Waals surface area contributed by atoms with Crippen LogP contribution in [-0.2, 0) is 0 Å². The van der Waals surface area contributed by atoms with Crippen molar-refractivity contribution in [3.63, 3.8) is 0 Å². The second-order valence-corrected chi connectivity index (χ2v) is 3.80. The molecule has 0 aromatic carbocycles. The SMILES string of the molecule is CNCCN(C)C(C)CSC. The third kappa shape index (κ3) is 5.53. The second-order valence-electron chi connectivity index (χ2n) is 2.89. The largest absolute Gasteiger partial charge is 0.318 e. The van der Waals surface area contributed by atoms with Gasteiger partial charge in [-0.1, -0.05) is 0 Å². The molecular formula is C8H20N2S. The predicted octanol–water partition coefficient (Wildman–Crippen LogP) is 0.889. The summed E-state index contributed by atoms with van der Waals surface area (Å²) in [6, 6.07) is 0.693. The average molecular weight is 176 g/mol. The minimum absolute atomic E-state index is 0.693. The lowest BCUT2D eigenvalue weighted by atomic mass is 10.3. The summed E-state index contributed by atoms with van der Waals surface area (Å²) in [5, 5.41) is 3.15. The lowest BCUT2D eigenvalue weighted by Crippen LogP contribution is -2.35. The number of nitrogens with zero attached hydrogens (tertiary/aromatic N) is 1. The van der Waals surface area contributed by atoms with Gasteiger partial charge in [-0.25, -0.2) is 0 Å². The van der Waals surface area contributed by atoms with E-state index in [1.807, 2.05) is 18.8 Å². The molecule has 1 unspecified atom stereocenters. The molecule has 0 aliphatic rings. The van der Waals surface area contributed by atoms with E-state index >= 15 is 0 Å². The van der Waals surface area contributed by atoms with Crippen molar-refractivity contribution in [2.45, 2.75) is 13.0 Å². The van der Waals surface area contributed by atoms with E-state index in [0.29, 0.717) is 6.04 Å². The highest BCUT2D eigenvalue weighted by Crippen LogP contribution is 2.02. The van der Waals surface area contributed by atoms with E-state index in [1.54, 1.807) is 0 Å². The monoisotopic (exact) mass is 176 g/mol. The Kier molecular flexibility index (Phi) is 7.12. The number of hydrogen-bond acceptors (Lipinski definition) is 3. The maximum Gasteiger partial charge on any atom is 0.0155 e. The van der Waals surface area contributed by atoms with Crippen LogP contribution in [0.15, 0.2) is 0 Å². The zero-order valence-corrected chi connectivity index (χ0v) is 8.87. The van der Waals surface area contributed by atoms with Gasteiger partial charge >= 0.3 is 0 Å². The standard InChI is InChI=1S/C8H20N2S/c1-8(7-11-4)10(3)6-5-9-2/h8-9H,5-7H2,1-4H3. The number of hydrogen-bond donors (Lipinski definition) is 1. The van der Waals surface area contributed by atoms with Crippen LogP contribution in [0.1, 0.15) is 6.92 Å². The van der Waals surface area contributed by atoms with Gasteiger partial charge in [0.15, 0.2) is 0 Å². The average Bonchev–Trinajstić information content (AvgIpc) is 2.00. The Labute approximate surface area is 74.7 Å². The number of nitrogens with one attached hydrogen (secondary N) is 1. The molecule has 3 heteroatoms. The molecular weight excluding hydrogens is 156 g/mol. The van der Waals surface area contributed by atoms with Crippen LogP contribution in [-0.4, -0.2) is 50.1 Å². The van der Waals surface area contributed by atoms with Crippen molar-refractivity contribution < 1.29 is 0 Å². The first-order valence-electron chi connectivity index (χ1n) is 4.06. The van der Waals surface area contributed by atoms with Gasteiger partial charge in [-0.2, -0.15) is 11.8 Å². The minimum atomic E-state index is 0.693. The first-order valence-corrected chi connectivity index (χ1v) is 5.45. The molecule has 0 aromatic heterocycles. The van der Waals surface area contributed by atoms with Crippen LogP contribution in [0.25, 0.3) is 0 Å². The lowest BCUT2D eigenvalue weighted by Gasteiger charge is -2.23. The maximum absolute atomic E-state index is 3.15. The first kappa shape index (κ1) is 11.3. The van der Waals surface area contributed by atoms with Crippen LogP contribution in [0, 0.1) is 0 Å². The summed E-state index contributed by atoms with van der Waals surface area (Å²) < 4.78 is 0. The number of thioether (sulfide) groups is 1. The van der Waals surface area contributed by atoms with E-state index in [0.717, 1.165) is 13.1 Å². The molecule has 1 atom stereocenters. The van der Waals surface area contributed by atoms with Crippen molar-refractivity contribution in [2.75, 3.05) is 39.2 Å². The Morgan fingerprint density at radius 1 is 1.55 bits per heavy atom. The molecule has 0 radical (unpaired) electrons. The van der Waals surface area contributed by atoms with Gasteiger partial charge in [0.25, 0.3) is 0 Å². The van der Waals surface area contributed by atoms with Crippen LogP contribution < -0.4 is 5.32 Å². The molecule has 0 heterocycles. The van der Waals surface area contributed by atoms with E-state index in [4.69, 9.17) is 0 Å². The van der Waals surface area contributed by atoms with Crippen molar-refractivity contribution in [3.05, 3.63) is 0 Å². The van der Waals surface area contributed by atoms with E-state index in [2.05, 4.69) is 30.4 Å². The highest BCUT2D eigenvalue weighted by atomic mass is 32.2. The van der Waals surface area contributed by atoms with Gasteiger partial charge < -0.3 is 10.2 Å². The summed E-state index contributed by atoms with van der Waals surface area (Å²) in [5.74, 6) is 1.22. The normalized spacial score (nSPS) is 13.9. The zero-order valence-electron chi connectivity index (χ0n) is 8.05. The topological polar surface area (TPSA) is 15.3 Å². The van der Waals surface area contributed by atoms with Crippen LogP contribution in [0.2, 0.25) is 0 Å². The third-order valence-electron chi connectivity index (χ3n) is 1.87. The highest BCUT2D eigenvalue weighted by Gasteiger charge is 2.06. The fourth-order valence-corrected chi connectivity index (χ4v) is 1.61. The summed E-state index contributed by atoms with van der Waals surface area (Å²) >= 11 is 1.91. The van der Waals surface area contributed by atoms with Crippen molar-refractivity contribution in [1.29, 1.82) is 0 Å². The van der Waals surface area contributed by atoms with Crippen LogP contribution in [0.4, 0.5) is 0 Å². The Bertz CT molecular complexity index is 88.2. The Balaban J connectivity index is 3.38.